The average Bonchev–Trinajstić information content (AvgIpc) is 2.69. The van der Waals surface area contributed by atoms with Gasteiger partial charge in [0.15, 0.2) is 0 Å². The summed E-state index contributed by atoms with van der Waals surface area (Å²) in [6, 6.07) is 20.9. The van der Waals surface area contributed by atoms with Gasteiger partial charge in [0.1, 0.15) is 0 Å². The van der Waals surface area contributed by atoms with Crippen LogP contribution < -0.4 is 10.0 Å². The molecule has 0 saturated heterocycles. The Hall–Kier alpha value is -3.12. The molecule has 6 heteroatoms. The summed E-state index contributed by atoms with van der Waals surface area (Å²) in [6.45, 7) is 4.18. The first-order chi connectivity index (χ1) is 13.4. The van der Waals surface area contributed by atoms with E-state index < -0.39 is 10.0 Å². The maximum atomic E-state index is 12.7. The van der Waals surface area contributed by atoms with Crippen LogP contribution >= 0.6 is 0 Å². The van der Waals surface area contributed by atoms with Crippen LogP contribution in [0.25, 0.3) is 0 Å². The molecule has 0 heterocycles. The fraction of sp³-hybridized carbons (Fsp3) is 0.136. The second-order valence-electron chi connectivity index (χ2n) is 6.56. The van der Waals surface area contributed by atoms with Gasteiger partial charge in [-0.1, -0.05) is 48.5 Å². The van der Waals surface area contributed by atoms with Gasteiger partial charge in [-0.15, -0.1) is 0 Å². The molecule has 28 heavy (non-hydrogen) atoms. The first-order valence-corrected chi connectivity index (χ1v) is 10.4. The number of anilines is 1. The summed E-state index contributed by atoms with van der Waals surface area (Å²) in [5.74, 6) is -0.323. The number of hydrogen-bond donors (Lipinski definition) is 2. The number of benzene rings is 3. The minimum atomic E-state index is -3.80. The molecule has 0 spiro atoms. The SMILES string of the molecule is Cc1ccccc1CNC(=O)c1cccc(S(=O)(=O)Nc2ccccc2C)c1. The number of aryl methyl sites for hydroxylation is 2. The standard InChI is InChI=1S/C22H22N2O3S/c1-16-8-3-5-10-19(16)15-23-22(25)18-11-7-12-20(14-18)28(26,27)24-21-13-6-4-9-17(21)2/h3-14,24H,15H2,1-2H3,(H,23,25). The molecule has 0 unspecified atom stereocenters. The number of hydrogen-bond acceptors (Lipinski definition) is 3. The molecule has 5 nitrogen and oxygen atoms in total. The van der Waals surface area contributed by atoms with E-state index in [-0.39, 0.29) is 10.8 Å². The summed E-state index contributed by atoms with van der Waals surface area (Å²) >= 11 is 0. The molecule has 0 radical (unpaired) electrons. The van der Waals surface area contributed by atoms with Gasteiger partial charge >= 0.3 is 0 Å². The van der Waals surface area contributed by atoms with E-state index in [1.54, 1.807) is 24.3 Å². The van der Waals surface area contributed by atoms with Crippen LogP contribution in [-0.4, -0.2) is 14.3 Å². The van der Waals surface area contributed by atoms with E-state index in [0.29, 0.717) is 17.8 Å². The Kier molecular flexibility index (Phi) is 5.80. The van der Waals surface area contributed by atoms with Crippen LogP contribution in [-0.2, 0) is 16.6 Å². The molecule has 0 aromatic heterocycles. The first kappa shape index (κ1) is 19.6. The Morgan fingerprint density at radius 1 is 0.857 bits per heavy atom. The van der Waals surface area contributed by atoms with Gasteiger partial charge in [-0.2, -0.15) is 0 Å². The van der Waals surface area contributed by atoms with Crippen molar-refractivity contribution < 1.29 is 13.2 Å². The summed E-state index contributed by atoms with van der Waals surface area (Å²) in [5, 5.41) is 2.84. The highest BCUT2D eigenvalue weighted by Gasteiger charge is 2.17. The largest absolute Gasteiger partial charge is 0.348 e. The molecule has 0 aliphatic rings. The predicted molar refractivity (Wildman–Crippen MR) is 111 cm³/mol. The van der Waals surface area contributed by atoms with Crippen LogP contribution in [0.4, 0.5) is 5.69 Å². The Bertz CT molecular complexity index is 1110. The molecular formula is C22H22N2O3S. The highest BCUT2D eigenvalue weighted by Crippen LogP contribution is 2.20. The summed E-state index contributed by atoms with van der Waals surface area (Å²) in [6.07, 6.45) is 0. The number of sulfonamides is 1. The molecule has 0 aliphatic carbocycles. The van der Waals surface area contributed by atoms with Crippen LogP contribution in [0.5, 0.6) is 0 Å². The second kappa shape index (κ2) is 8.27. The molecule has 0 aliphatic heterocycles. The lowest BCUT2D eigenvalue weighted by molar-refractivity contribution is 0.0950. The third-order valence-corrected chi connectivity index (χ3v) is 5.86. The van der Waals surface area contributed by atoms with Gasteiger partial charge in [0.25, 0.3) is 15.9 Å². The Balaban J connectivity index is 1.77. The van der Waals surface area contributed by atoms with E-state index in [2.05, 4.69) is 10.0 Å². The number of rotatable bonds is 6. The molecule has 0 bridgehead atoms. The van der Waals surface area contributed by atoms with E-state index in [4.69, 9.17) is 0 Å². The zero-order valence-corrected chi connectivity index (χ0v) is 16.6. The van der Waals surface area contributed by atoms with Gasteiger partial charge in [-0.05, 0) is 54.8 Å². The highest BCUT2D eigenvalue weighted by molar-refractivity contribution is 7.92. The Morgan fingerprint density at radius 2 is 1.54 bits per heavy atom. The molecule has 1 amide bonds. The minimum Gasteiger partial charge on any atom is -0.348 e. The average molecular weight is 394 g/mol. The van der Waals surface area contributed by atoms with Crippen molar-refractivity contribution in [2.24, 2.45) is 0 Å². The number of para-hydroxylation sites is 1. The predicted octanol–water partition coefficient (Wildman–Crippen LogP) is 4.03. The van der Waals surface area contributed by atoms with Crippen LogP contribution in [0.2, 0.25) is 0 Å². The van der Waals surface area contributed by atoms with E-state index >= 15 is 0 Å². The molecule has 3 rings (SSSR count). The van der Waals surface area contributed by atoms with Crippen LogP contribution in [0.3, 0.4) is 0 Å². The van der Waals surface area contributed by atoms with Crippen molar-refractivity contribution in [3.05, 3.63) is 95.1 Å². The maximum absolute atomic E-state index is 12.7. The summed E-state index contributed by atoms with van der Waals surface area (Å²) < 4.78 is 28.0. The third-order valence-electron chi connectivity index (χ3n) is 4.50. The molecule has 144 valence electrons. The van der Waals surface area contributed by atoms with Gasteiger partial charge < -0.3 is 5.32 Å². The lowest BCUT2D eigenvalue weighted by Crippen LogP contribution is -2.23. The summed E-state index contributed by atoms with van der Waals surface area (Å²) in [5.41, 5.74) is 3.72. The zero-order valence-electron chi connectivity index (χ0n) is 15.8. The quantitative estimate of drug-likeness (QED) is 0.663. The maximum Gasteiger partial charge on any atom is 0.261 e. The van der Waals surface area contributed by atoms with Gasteiger partial charge in [0.2, 0.25) is 0 Å². The van der Waals surface area contributed by atoms with Crippen molar-refractivity contribution in [1.82, 2.24) is 5.32 Å². The Labute approximate surface area is 165 Å². The lowest BCUT2D eigenvalue weighted by atomic mass is 10.1. The minimum absolute atomic E-state index is 0.0410. The van der Waals surface area contributed by atoms with Crippen molar-refractivity contribution in [1.29, 1.82) is 0 Å². The van der Waals surface area contributed by atoms with Gasteiger partial charge in [-0.3, -0.25) is 9.52 Å². The van der Waals surface area contributed by atoms with Crippen molar-refractivity contribution in [2.45, 2.75) is 25.3 Å². The molecule has 2 N–H and O–H groups in total. The van der Waals surface area contributed by atoms with Crippen LogP contribution in [0, 0.1) is 13.8 Å². The van der Waals surface area contributed by atoms with Crippen molar-refractivity contribution in [3.8, 4) is 0 Å². The van der Waals surface area contributed by atoms with Crippen molar-refractivity contribution in [3.63, 3.8) is 0 Å². The van der Waals surface area contributed by atoms with E-state index in [9.17, 15) is 13.2 Å². The second-order valence-corrected chi connectivity index (χ2v) is 8.24. The topological polar surface area (TPSA) is 75.3 Å². The van der Waals surface area contributed by atoms with E-state index in [1.165, 1.54) is 12.1 Å². The smallest absolute Gasteiger partial charge is 0.261 e. The fourth-order valence-corrected chi connectivity index (χ4v) is 3.96. The third kappa shape index (κ3) is 4.58. The summed E-state index contributed by atoms with van der Waals surface area (Å²) in [4.78, 5) is 12.5. The summed E-state index contributed by atoms with van der Waals surface area (Å²) in [7, 11) is -3.80. The molecule has 0 saturated carbocycles. The van der Waals surface area contributed by atoms with Crippen molar-refractivity contribution in [2.75, 3.05) is 4.72 Å². The number of amides is 1. The van der Waals surface area contributed by atoms with Crippen LogP contribution in [0.1, 0.15) is 27.0 Å². The molecule has 3 aromatic carbocycles. The van der Waals surface area contributed by atoms with Crippen LogP contribution in [0.15, 0.2) is 77.7 Å². The highest BCUT2D eigenvalue weighted by atomic mass is 32.2. The lowest BCUT2D eigenvalue weighted by Gasteiger charge is -2.12. The van der Waals surface area contributed by atoms with Gasteiger partial charge in [0.05, 0.1) is 10.6 Å². The van der Waals surface area contributed by atoms with E-state index in [1.807, 2.05) is 50.2 Å². The monoisotopic (exact) mass is 394 g/mol. The van der Waals surface area contributed by atoms with Gasteiger partial charge in [0, 0.05) is 12.1 Å². The number of carbonyl (C=O) groups is 1. The number of nitrogens with one attached hydrogen (secondary N) is 2. The first-order valence-electron chi connectivity index (χ1n) is 8.88. The fourth-order valence-electron chi connectivity index (χ4n) is 2.78. The number of carbonyl (C=O) groups excluding carboxylic acids is 1. The van der Waals surface area contributed by atoms with Crippen molar-refractivity contribution >= 4 is 21.6 Å². The molecule has 3 aromatic rings. The van der Waals surface area contributed by atoms with Gasteiger partial charge in [-0.25, -0.2) is 8.42 Å². The molecular weight excluding hydrogens is 372 g/mol. The molecule has 0 fully saturated rings. The molecule has 0 atom stereocenters. The van der Waals surface area contributed by atoms with E-state index in [0.717, 1.165) is 16.7 Å². The zero-order chi connectivity index (χ0) is 20.1. The Morgan fingerprint density at radius 3 is 2.25 bits per heavy atom. The normalized spacial score (nSPS) is 11.1.